The van der Waals surface area contributed by atoms with Gasteiger partial charge in [-0.2, -0.15) is 0 Å². The molecule has 0 N–H and O–H groups in total. The summed E-state index contributed by atoms with van der Waals surface area (Å²) in [6, 6.07) is 17.3. The van der Waals surface area contributed by atoms with Gasteiger partial charge in [-0.05, 0) is 38.1 Å². The van der Waals surface area contributed by atoms with E-state index >= 15 is 0 Å². The first-order chi connectivity index (χ1) is 13.6. The van der Waals surface area contributed by atoms with Gasteiger partial charge in [-0.25, -0.2) is 0 Å². The fourth-order valence-electron chi connectivity index (χ4n) is 2.95. The molecule has 3 rings (SSSR count). The van der Waals surface area contributed by atoms with E-state index in [4.69, 9.17) is 4.74 Å². The number of hydrogen-bond acceptors (Lipinski definition) is 5. The lowest BCUT2D eigenvalue weighted by atomic mass is 10.2. The van der Waals surface area contributed by atoms with Crippen LogP contribution in [0.15, 0.2) is 59.8 Å². The molecular formula is C21H24N4O2S. The topological polar surface area (TPSA) is 60.2 Å². The summed E-state index contributed by atoms with van der Waals surface area (Å²) in [5.74, 6) is 1.49. The Bertz CT molecular complexity index is 943. The molecule has 0 spiro atoms. The molecule has 0 aliphatic carbocycles. The summed E-state index contributed by atoms with van der Waals surface area (Å²) in [6.07, 6.45) is 0. The summed E-state index contributed by atoms with van der Waals surface area (Å²) in [7, 11) is 3.43. The van der Waals surface area contributed by atoms with Crippen molar-refractivity contribution >= 4 is 23.4 Å². The Morgan fingerprint density at radius 3 is 2.50 bits per heavy atom. The van der Waals surface area contributed by atoms with E-state index in [0.717, 1.165) is 22.8 Å². The minimum absolute atomic E-state index is 0.0145. The third-order valence-electron chi connectivity index (χ3n) is 4.48. The smallest absolute Gasteiger partial charge is 0.240 e. The molecule has 0 saturated carbocycles. The van der Waals surface area contributed by atoms with Gasteiger partial charge in [-0.1, -0.05) is 42.1 Å². The number of nitrogens with zero attached hydrogens (tertiary/aromatic N) is 4. The highest BCUT2D eigenvalue weighted by Crippen LogP contribution is 2.32. The molecule has 0 aliphatic heterocycles. The largest absolute Gasteiger partial charge is 0.496 e. The molecule has 7 heteroatoms. The molecule has 1 amide bonds. The number of benzene rings is 2. The maximum Gasteiger partial charge on any atom is 0.240 e. The van der Waals surface area contributed by atoms with Crippen LogP contribution >= 0.6 is 11.8 Å². The summed E-state index contributed by atoms with van der Waals surface area (Å²) in [5.41, 5.74) is 1.75. The van der Waals surface area contributed by atoms with Gasteiger partial charge in [0.1, 0.15) is 5.75 Å². The van der Waals surface area contributed by atoms with Crippen LogP contribution in [0.3, 0.4) is 0 Å². The van der Waals surface area contributed by atoms with Crippen LogP contribution in [0.2, 0.25) is 0 Å². The monoisotopic (exact) mass is 396 g/mol. The molecule has 1 heterocycles. The van der Waals surface area contributed by atoms with Crippen LogP contribution < -0.4 is 9.64 Å². The van der Waals surface area contributed by atoms with E-state index in [0.29, 0.717) is 11.7 Å². The minimum Gasteiger partial charge on any atom is -0.496 e. The van der Waals surface area contributed by atoms with E-state index in [1.807, 2.05) is 73.0 Å². The maximum absolute atomic E-state index is 12.9. The Morgan fingerprint density at radius 2 is 1.82 bits per heavy atom. The van der Waals surface area contributed by atoms with E-state index in [9.17, 15) is 4.79 Å². The fourth-order valence-corrected chi connectivity index (χ4v) is 3.96. The van der Waals surface area contributed by atoms with Crippen molar-refractivity contribution in [2.24, 2.45) is 0 Å². The van der Waals surface area contributed by atoms with Crippen molar-refractivity contribution in [3.63, 3.8) is 0 Å². The standard InChI is InChI=1S/C21H24N4O2S/c1-5-25-19(17-13-9-10-14-18(17)27-4)22-23-21(25)28-15(2)20(26)24(3)16-11-7-6-8-12-16/h6-15H,5H2,1-4H3. The molecule has 2 aromatic carbocycles. The number of ether oxygens (including phenoxy) is 1. The molecule has 146 valence electrons. The van der Waals surface area contributed by atoms with Crippen molar-refractivity contribution in [3.8, 4) is 17.1 Å². The molecule has 0 aliphatic rings. The normalized spacial score (nSPS) is 11.9. The van der Waals surface area contributed by atoms with E-state index in [2.05, 4.69) is 10.2 Å². The lowest BCUT2D eigenvalue weighted by Gasteiger charge is -2.21. The molecule has 3 aromatic rings. The molecular weight excluding hydrogens is 372 g/mol. The molecule has 6 nitrogen and oxygen atoms in total. The van der Waals surface area contributed by atoms with E-state index in [-0.39, 0.29) is 11.2 Å². The Balaban J connectivity index is 1.83. The first-order valence-electron chi connectivity index (χ1n) is 9.12. The Kier molecular flexibility index (Phi) is 6.36. The SMILES string of the molecule is CCn1c(SC(C)C(=O)N(C)c2ccccc2)nnc1-c1ccccc1OC. The highest BCUT2D eigenvalue weighted by molar-refractivity contribution is 8.00. The zero-order valence-electron chi connectivity index (χ0n) is 16.5. The van der Waals surface area contributed by atoms with Crippen LogP contribution in [-0.4, -0.2) is 40.1 Å². The third-order valence-corrected chi connectivity index (χ3v) is 5.55. The second kappa shape index (κ2) is 8.93. The summed E-state index contributed by atoms with van der Waals surface area (Å²) in [5, 5.41) is 9.12. The highest BCUT2D eigenvalue weighted by atomic mass is 32.2. The molecule has 1 aromatic heterocycles. The molecule has 0 saturated heterocycles. The Morgan fingerprint density at radius 1 is 1.14 bits per heavy atom. The number of para-hydroxylation sites is 2. The van der Waals surface area contributed by atoms with E-state index in [1.165, 1.54) is 11.8 Å². The van der Waals surface area contributed by atoms with Crippen LogP contribution in [0, 0.1) is 0 Å². The van der Waals surface area contributed by atoms with Crippen molar-refractivity contribution in [2.45, 2.75) is 30.8 Å². The third kappa shape index (κ3) is 4.04. The highest BCUT2D eigenvalue weighted by Gasteiger charge is 2.24. The van der Waals surface area contributed by atoms with Gasteiger partial charge in [0.2, 0.25) is 5.91 Å². The zero-order valence-corrected chi connectivity index (χ0v) is 17.3. The van der Waals surface area contributed by atoms with Gasteiger partial charge in [0.05, 0.1) is 17.9 Å². The number of anilines is 1. The van der Waals surface area contributed by atoms with Crippen molar-refractivity contribution in [2.75, 3.05) is 19.1 Å². The summed E-state index contributed by atoms with van der Waals surface area (Å²) >= 11 is 1.41. The van der Waals surface area contributed by atoms with Crippen LogP contribution in [-0.2, 0) is 11.3 Å². The number of methoxy groups -OCH3 is 1. The maximum atomic E-state index is 12.9. The summed E-state index contributed by atoms with van der Waals surface area (Å²) < 4.78 is 7.47. The lowest BCUT2D eigenvalue weighted by Crippen LogP contribution is -2.33. The first-order valence-corrected chi connectivity index (χ1v) is 10.0. The van der Waals surface area contributed by atoms with Gasteiger partial charge in [0.15, 0.2) is 11.0 Å². The minimum atomic E-state index is -0.301. The molecule has 28 heavy (non-hydrogen) atoms. The summed E-state index contributed by atoms with van der Waals surface area (Å²) in [4.78, 5) is 14.5. The predicted octanol–water partition coefficient (Wildman–Crippen LogP) is 4.12. The fraction of sp³-hybridized carbons (Fsp3) is 0.286. The number of amides is 1. The average molecular weight is 397 g/mol. The van der Waals surface area contributed by atoms with Crippen LogP contribution in [0.5, 0.6) is 5.75 Å². The van der Waals surface area contributed by atoms with Crippen LogP contribution in [0.25, 0.3) is 11.4 Å². The Labute approximate surface area is 169 Å². The van der Waals surface area contributed by atoms with Crippen LogP contribution in [0.1, 0.15) is 13.8 Å². The number of aromatic nitrogens is 3. The van der Waals surface area contributed by atoms with Gasteiger partial charge in [-0.15, -0.1) is 10.2 Å². The molecule has 0 bridgehead atoms. The first kappa shape index (κ1) is 19.9. The van der Waals surface area contributed by atoms with Gasteiger partial charge in [0.25, 0.3) is 0 Å². The quantitative estimate of drug-likeness (QED) is 0.562. The predicted molar refractivity (Wildman–Crippen MR) is 113 cm³/mol. The van der Waals surface area contributed by atoms with Gasteiger partial charge < -0.3 is 14.2 Å². The zero-order chi connectivity index (χ0) is 20.1. The summed E-state index contributed by atoms with van der Waals surface area (Å²) in [6.45, 7) is 4.62. The number of carbonyl (C=O) groups is 1. The van der Waals surface area contributed by atoms with Gasteiger partial charge in [0, 0.05) is 19.3 Å². The number of hydrogen-bond donors (Lipinski definition) is 0. The van der Waals surface area contributed by atoms with Crippen molar-refractivity contribution in [1.29, 1.82) is 0 Å². The number of carbonyl (C=O) groups excluding carboxylic acids is 1. The molecule has 1 atom stereocenters. The average Bonchev–Trinajstić information content (AvgIpc) is 3.15. The molecule has 0 fully saturated rings. The van der Waals surface area contributed by atoms with Crippen molar-refractivity contribution in [3.05, 3.63) is 54.6 Å². The van der Waals surface area contributed by atoms with E-state index in [1.54, 1.807) is 19.1 Å². The lowest BCUT2D eigenvalue weighted by molar-refractivity contribution is -0.117. The number of rotatable bonds is 7. The number of thioether (sulfide) groups is 1. The molecule has 0 radical (unpaired) electrons. The second-order valence-electron chi connectivity index (χ2n) is 6.24. The van der Waals surface area contributed by atoms with Crippen molar-refractivity contribution < 1.29 is 9.53 Å². The van der Waals surface area contributed by atoms with Gasteiger partial charge >= 0.3 is 0 Å². The van der Waals surface area contributed by atoms with E-state index < -0.39 is 0 Å². The second-order valence-corrected chi connectivity index (χ2v) is 7.55. The van der Waals surface area contributed by atoms with Crippen LogP contribution in [0.4, 0.5) is 5.69 Å². The van der Waals surface area contributed by atoms with Crippen molar-refractivity contribution in [1.82, 2.24) is 14.8 Å². The Hall–Kier alpha value is -2.80. The van der Waals surface area contributed by atoms with Gasteiger partial charge in [-0.3, -0.25) is 4.79 Å². The molecule has 1 unspecified atom stereocenters.